The maximum absolute atomic E-state index is 12.1. The van der Waals surface area contributed by atoms with Crippen LogP contribution in [0.4, 0.5) is 0 Å². The molecule has 21 heavy (non-hydrogen) atoms. The van der Waals surface area contributed by atoms with Crippen LogP contribution in [0.5, 0.6) is 5.75 Å². The molecular formula is C17H14Cl2O2. The van der Waals surface area contributed by atoms with Gasteiger partial charge in [0.15, 0.2) is 5.78 Å². The third-order valence-electron chi connectivity index (χ3n) is 3.13. The summed E-state index contributed by atoms with van der Waals surface area (Å²) in [4.78, 5) is 12.1. The van der Waals surface area contributed by atoms with E-state index < -0.39 is 0 Å². The Labute approximate surface area is 133 Å². The van der Waals surface area contributed by atoms with Gasteiger partial charge in [-0.25, -0.2) is 0 Å². The van der Waals surface area contributed by atoms with E-state index in [4.69, 9.17) is 23.2 Å². The molecule has 0 radical (unpaired) electrons. The monoisotopic (exact) mass is 320 g/mol. The van der Waals surface area contributed by atoms with Gasteiger partial charge in [-0.3, -0.25) is 4.79 Å². The first-order valence-corrected chi connectivity index (χ1v) is 7.12. The van der Waals surface area contributed by atoms with E-state index in [0.717, 1.165) is 16.7 Å². The van der Waals surface area contributed by atoms with Gasteiger partial charge < -0.3 is 5.11 Å². The molecule has 0 atom stereocenters. The molecule has 1 N–H and O–H groups in total. The molecule has 0 unspecified atom stereocenters. The first-order valence-electron chi connectivity index (χ1n) is 6.36. The van der Waals surface area contributed by atoms with Crippen molar-refractivity contribution in [2.75, 3.05) is 0 Å². The Morgan fingerprint density at radius 3 is 2.33 bits per heavy atom. The Kier molecular flexibility index (Phi) is 4.71. The van der Waals surface area contributed by atoms with Crippen molar-refractivity contribution in [1.29, 1.82) is 0 Å². The van der Waals surface area contributed by atoms with E-state index in [-0.39, 0.29) is 11.5 Å². The molecule has 2 aromatic carbocycles. The molecule has 0 saturated carbocycles. The van der Waals surface area contributed by atoms with Gasteiger partial charge >= 0.3 is 0 Å². The topological polar surface area (TPSA) is 37.3 Å². The van der Waals surface area contributed by atoms with E-state index in [1.54, 1.807) is 24.3 Å². The van der Waals surface area contributed by atoms with Gasteiger partial charge in [-0.2, -0.15) is 0 Å². The van der Waals surface area contributed by atoms with Crippen molar-refractivity contribution in [3.05, 3.63) is 68.7 Å². The number of carbonyl (C=O) groups is 1. The zero-order valence-electron chi connectivity index (χ0n) is 11.7. The van der Waals surface area contributed by atoms with Crippen LogP contribution in [0, 0.1) is 13.8 Å². The number of aryl methyl sites for hydroxylation is 2. The maximum Gasteiger partial charge on any atom is 0.187 e. The first-order chi connectivity index (χ1) is 9.88. The number of hydrogen-bond donors (Lipinski definition) is 1. The van der Waals surface area contributed by atoms with Crippen molar-refractivity contribution in [2.24, 2.45) is 0 Å². The predicted octanol–water partition coefficient (Wildman–Crippen LogP) is 5.21. The third-order valence-corrected chi connectivity index (χ3v) is 3.70. The van der Waals surface area contributed by atoms with E-state index in [1.165, 1.54) is 6.08 Å². The molecule has 0 bridgehead atoms. The lowest BCUT2D eigenvalue weighted by atomic mass is 10.0. The van der Waals surface area contributed by atoms with Crippen molar-refractivity contribution in [3.8, 4) is 5.75 Å². The van der Waals surface area contributed by atoms with Crippen LogP contribution in [0.1, 0.15) is 27.0 Å². The van der Waals surface area contributed by atoms with Crippen molar-refractivity contribution in [2.45, 2.75) is 13.8 Å². The first kappa shape index (κ1) is 15.6. The van der Waals surface area contributed by atoms with Crippen LogP contribution in [0.15, 0.2) is 36.4 Å². The maximum atomic E-state index is 12.1. The molecule has 4 heteroatoms. The molecule has 108 valence electrons. The SMILES string of the molecule is Cc1cc(/C=C/C(=O)c2cc(Cl)ccc2Cl)cc(C)c1O. The quantitative estimate of drug-likeness (QED) is 0.622. The highest BCUT2D eigenvalue weighted by molar-refractivity contribution is 6.36. The molecule has 0 aromatic heterocycles. The lowest BCUT2D eigenvalue weighted by molar-refractivity contribution is 0.104. The molecule has 2 nitrogen and oxygen atoms in total. The number of carbonyl (C=O) groups excluding carboxylic acids is 1. The van der Waals surface area contributed by atoms with E-state index >= 15 is 0 Å². The van der Waals surface area contributed by atoms with Crippen LogP contribution >= 0.6 is 23.2 Å². The van der Waals surface area contributed by atoms with Gasteiger partial charge in [-0.05, 0) is 66.9 Å². The summed E-state index contributed by atoms with van der Waals surface area (Å²) >= 11 is 11.9. The number of benzene rings is 2. The van der Waals surface area contributed by atoms with E-state index in [1.807, 2.05) is 26.0 Å². The van der Waals surface area contributed by atoms with Gasteiger partial charge in [-0.1, -0.05) is 29.3 Å². The third kappa shape index (κ3) is 3.66. The molecule has 0 saturated heterocycles. The normalized spacial score (nSPS) is 11.0. The van der Waals surface area contributed by atoms with Gasteiger partial charge in [0.25, 0.3) is 0 Å². The summed E-state index contributed by atoms with van der Waals surface area (Å²) in [5, 5.41) is 10.6. The summed E-state index contributed by atoms with van der Waals surface area (Å²) in [6.45, 7) is 3.63. The Bertz CT molecular complexity index is 711. The number of aromatic hydroxyl groups is 1. The molecule has 0 fully saturated rings. The van der Waals surface area contributed by atoms with E-state index in [2.05, 4.69) is 0 Å². The number of halogens is 2. The summed E-state index contributed by atoms with van der Waals surface area (Å²) in [6, 6.07) is 8.40. The van der Waals surface area contributed by atoms with Crippen LogP contribution in [0.2, 0.25) is 10.0 Å². The number of ketones is 1. The van der Waals surface area contributed by atoms with Crippen LogP contribution < -0.4 is 0 Å². The lowest BCUT2D eigenvalue weighted by Gasteiger charge is -2.05. The number of allylic oxidation sites excluding steroid dienone is 1. The number of rotatable bonds is 3. The van der Waals surface area contributed by atoms with Crippen molar-refractivity contribution < 1.29 is 9.90 Å². The molecular weight excluding hydrogens is 307 g/mol. The Morgan fingerprint density at radius 2 is 1.71 bits per heavy atom. The summed E-state index contributed by atoms with van der Waals surface area (Å²) in [5.74, 6) is 0.0576. The summed E-state index contributed by atoms with van der Waals surface area (Å²) < 4.78 is 0. The van der Waals surface area contributed by atoms with E-state index in [0.29, 0.717) is 15.6 Å². The zero-order valence-corrected chi connectivity index (χ0v) is 13.2. The summed E-state index contributed by atoms with van der Waals surface area (Å²) in [6.07, 6.45) is 3.14. The molecule has 0 aliphatic carbocycles. The smallest absolute Gasteiger partial charge is 0.187 e. The highest BCUT2D eigenvalue weighted by Crippen LogP contribution is 2.24. The van der Waals surface area contributed by atoms with Crippen LogP contribution in [-0.4, -0.2) is 10.9 Å². The second-order valence-electron chi connectivity index (χ2n) is 4.83. The van der Waals surface area contributed by atoms with Crippen molar-refractivity contribution in [1.82, 2.24) is 0 Å². The molecule has 0 amide bonds. The largest absolute Gasteiger partial charge is 0.507 e. The molecule has 0 spiro atoms. The lowest BCUT2D eigenvalue weighted by Crippen LogP contribution is -1.95. The van der Waals surface area contributed by atoms with Crippen molar-refractivity contribution >= 4 is 35.1 Å². The Hall–Kier alpha value is -1.77. The van der Waals surface area contributed by atoms with Gasteiger partial charge in [0.05, 0.1) is 5.02 Å². The molecule has 0 heterocycles. The number of hydrogen-bond acceptors (Lipinski definition) is 2. The standard InChI is InChI=1S/C17H14Cl2O2/c1-10-7-12(8-11(2)17(10)21)3-6-16(20)14-9-13(18)4-5-15(14)19/h3-9,21H,1-2H3/b6-3+. The second kappa shape index (κ2) is 6.33. The Morgan fingerprint density at radius 1 is 1.10 bits per heavy atom. The van der Waals surface area contributed by atoms with Crippen LogP contribution in [0.3, 0.4) is 0 Å². The van der Waals surface area contributed by atoms with Gasteiger partial charge in [-0.15, -0.1) is 0 Å². The molecule has 2 aromatic rings. The zero-order chi connectivity index (χ0) is 15.6. The van der Waals surface area contributed by atoms with Crippen molar-refractivity contribution in [3.63, 3.8) is 0 Å². The Balaban J connectivity index is 2.29. The van der Waals surface area contributed by atoms with Gasteiger partial charge in [0, 0.05) is 10.6 Å². The summed E-state index contributed by atoms with van der Waals surface area (Å²) in [7, 11) is 0. The molecule has 0 aliphatic rings. The summed E-state index contributed by atoms with van der Waals surface area (Å²) in [5.41, 5.74) is 2.74. The highest BCUT2D eigenvalue weighted by Gasteiger charge is 2.08. The second-order valence-corrected chi connectivity index (χ2v) is 5.67. The fourth-order valence-corrected chi connectivity index (χ4v) is 2.42. The molecule has 0 aliphatic heterocycles. The average Bonchev–Trinajstić information content (AvgIpc) is 2.44. The van der Waals surface area contributed by atoms with Crippen LogP contribution in [0.25, 0.3) is 6.08 Å². The fraction of sp³-hybridized carbons (Fsp3) is 0.118. The minimum Gasteiger partial charge on any atom is -0.507 e. The minimum absolute atomic E-state index is 0.217. The van der Waals surface area contributed by atoms with Gasteiger partial charge in [0.1, 0.15) is 5.75 Å². The fourth-order valence-electron chi connectivity index (χ4n) is 2.03. The predicted molar refractivity (Wildman–Crippen MR) is 87.4 cm³/mol. The highest BCUT2D eigenvalue weighted by atomic mass is 35.5. The minimum atomic E-state index is -0.217. The number of phenols is 1. The molecule has 2 rings (SSSR count). The average molecular weight is 321 g/mol. The number of phenolic OH excluding ortho intramolecular Hbond substituents is 1. The van der Waals surface area contributed by atoms with E-state index in [9.17, 15) is 9.90 Å². The van der Waals surface area contributed by atoms with Gasteiger partial charge in [0.2, 0.25) is 0 Å². The van der Waals surface area contributed by atoms with Crippen LogP contribution in [-0.2, 0) is 0 Å².